The number of amides is 2. The first-order valence-electron chi connectivity index (χ1n) is 11.0. The lowest BCUT2D eigenvalue weighted by Gasteiger charge is -2.37. The summed E-state index contributed by atoms with van der Waals surface area (Å²) in [6, 6.07) is 3.00. The lowest BCUT2D eigenvalue weighted by atomic mass is 9.89. The number of fused-ring (bicyclic) bond motifs is 2. The molecule has 1 spiro atoms. The van der Waals surface area contributed by atoms with Crippen LogP contribution < -0.4 is 0 Å². The van der Waals surface area contributed by atoms with E-state index in [9.17, 15) is 18.4 Å². The summed E-state index contributed by atoms with van der Waals surface area (Å²) >= 11 is 1.48. The number of aromatic nitrogens is 2. The molecule has 0 N–H and O–H groups in total. The minimum absolute atomic E-state index is 0.104. The van der Waals surface area contributed by atoms with Crippen molar-refractivity contribution in [3.05, 3.63) is 58.4 Å². The third kappa shape index (κ3) is 3.11. The molecule has 2 amide bonds. The smallest absolute Gasteiger partial charge is 0.272 e. The monoisotopic (exact) mass is 472 g/mol. The van der Waals surface area contributed by atoms with Gasteiger partial charge in [0.05, 0.1) is 11.7 Å². The number of imidazole rings is 1. The molecule has 0 radical (unpaired) electrons. The Labute approximate surface area is 192 Å². The maximum atomic E-state index is 13.8. The van der Waals surface area contributed by atoms with Crippen LogP contribution in [0, 0.1) is 18.6 Å². The molecule has 3 aliphatic rings. The minimum Gasteiger partial charge on any atom is -0.342 e. The molecule has 1 aromatic carbocycles. The Morgan fingerprint density at radius 3 is 2.64 bits per heavy atom. The van der Waals surface area contributed by atoms with Crippen LogP contribution in [0.1, 0.15) is 53.5 Å². The number of carbonyl (C=O) groups is 2. The molecular weight excluding hydrogens is 450 g/mol. The Balaban J connectivity index is 1.21. The molecule has 10 heteroatoms. The van der Waals surface area contributed by atoms with E-state index in [0.717, 1.165) is 11.0 Å². The summed E-state index contributed by atoms with van der Waals surface area (Å²) in [7, 11) is 0. The number of piperidine rings is 1. The second-order valence-electron chi connectivity index (χ2n) is 8.97. The SMILES string of the molecule is Cc1nc2sccn2c1C(=O)N1CCC2(CC1)OC1CC[C@@H](c3cc(F)cc(F)c3)N1C2=O. The summed E-state index contributed by atoms with van der Waals surface area (Å²) in [5, 5.41) is 1.89. The molecule has 6 rings (SSSR count). The normalized spacial score (nSPS) is 24.3. The summed E-state index contributed by atoms with van der Waals surface area (Å²) in [5.74, 6) is -1.56. The zero-order chi connectivity index (χ0) is 22.9. The Hall–Kier alpha value is -2.85. The van der Waals surface area contributed by atoms with Crippen molar-refractivity contribution in [3.8, 4) is 0 Å². The number of aryl methyl sites for hydroxylation is 1. The number of rotatable bonds is 2. The number of likely N-dealkylation sites (tertiary alicyclic amines) is 1. The molecule has 0 saturated carbocycles. The van der Waals surface area contributed by atoms with Gasteiger partial charge < -0.3 is 14.5 Å². The van der Waals surface area contributed by atoms with Crippen LogP contribution in [0.3, 0.4) is 0 Å². The summed E-state index contributed by atoms with van der Waals surface area (Å²) < 4.78 is 35.7. The van der Waals surface area contributed by atoms with Gasteiger partial charge in [-0.2, -0.15) is 0 Å². The molecule has 2 aromatic heterocycles. The number of ether oxygens (including phenoxy) is 1. The molecule has 33 heavy (non-hydrogen) atoms. The largest absolute Gasteiger partial charge is 0.342 e. The van der Waals surface area contributed by atoms with Gasteiger partial charge in [-0.25, -0.2) is 13.8 Å². The van der Waals surface area contributed by atoms with Crippen molar-refractivity contribution >= 4 is 28.1 Å². The highest BCUT2D eigenvalue weighted by Crippen LogP contribution is 2.47. The van der Waals surface area contributed by atoms with Crippen molar-refractivity contribution in [3.63, 3.8) is 0 Å². The molecule has 172 valence electrons. The average molecular weight is 473 g/mol. The van der Waals surface area contributed by atoms with Gasteiger partial charge in [0.25, 0.3) is 11.8 Å². The van der Waals surface area contributed by atoms with Crippen molar-refractivity contribution in [2.75, 3.05) is 13.1 Å². The predicted octanol–water partition coefficient (Wildman–Crippen LogP) is 3.68. The van der Waals surface area contributed by atoms with Crippen molar-refractivity contribution in [2.24, 2.45) is 0 Å². The summed E-state index contributed by atoms with van der Waals surface area (Å²) in [4.78, 5) is 35.4. The van der Waals surface area contributed by atoms with Gasteiger partial charge in [0.15, 0.2) is 10.6 Å². The van der Waals surface area contributed by atoms with Crippen LogP contribution in [-0.4, -0.2) is 55.9 Å². The number of nitrogens with zero attached hydrogens (tertiary/aromatic N) is 4. The number of benzene rings is 1. The lowest BCUT2D eigenvalue weighted by molar-refractivity contribution is -0.142. The van der Waals surface area contributed by atoms with Crippen molar-refractivity contribution < 1.29 is 23.1 Å². The van der Waals surface area contributed by atoms with Gasteiger partial charge in [-0.05, 0) is 37.5 Å². The first kappa shape index (κ1) is 20.7. The first-order valence-corrected chi connectivity index (χ1v) is 11.9. The number of hydrogen-bond acceptors (Lipinski definition) is 5. The molecule has 5 heterocycles. The standard InChI is InChI=1S/C23H22F2N4O3S/c1-13-19(28-8-9-33-22(28)26-13)20(30)27-6-4-23(5-7-27)21(31)29-17(2-3-18(29)32-23)14-10-15(24)12-16(25)11-14/h8-12,17-18H,2-7H2,1H3/t17-,18?/m0/s1. The molecule has 7 nitrogen and oxygen atoms in total. The Morgan fingerprint density at radius 2 is 1.91 bits per heavy atom. The Morgan fingerprint density at radius 1 is 1.18 bits per heavy atom. The van der Waals surface area contributed by atoms with Crippen molar-refractivity contribution in [1.29, 1.82) is 0 Å². The van der Waals surface area contributed by atoms with Crippen LogP contribution >= 0.6 is 11.3 Å². The van der Waals surface area contributed by atoms with Crippen molar-refractivity contribution in [1.82, 2.24) is 19.2 Å². The van der Waals surface area contributed by atoms with E-state index >= 15 is 0 Å². The van der Waals surface area contributed by atoms with E-state index in [-0.39, 0.29) is 11.8 Å². The van der Waals surface area contributed by atoms with Gasteiger partial charge in [-0.1, -0.05) is 0 Å². The number of hydrogen-bond donors (Lipinski definition) is 0. The molecule has 0 aliphatic carbocycles. The third-order valence-corrected chi connectivity index (χ3v) is 7.84. The quantitative estimate of drug-likeness (QED) is 0.571. The maximum Gasteiger partial charge on any atom is 0.272 e. The highest BCUT2D eigenvalue weighted by molar-refractivity contribution is 7.15. The van der Waals surface area contributed by atoms with Crippen LogP contribution in [0.15, 0.2) is 29.8 Å². The molecule has 3 aromatic rings. The highest BCUT2D eigenvalue weighted by atomic mass is 32.1. The number of thiazole rings is 1. The molecule has 0 bridgehead atoms. The fraction of sp³-hybridized carbons (Fsp3) is 0.435. The minimum atomic E-state index is -0.990. The Kier molecular flexibility index (Phi) is 4.60. The van der Waals surface area contributed by atoms with E-state index in [1.54, 1.807) is 9.80 Å². The van der Waals surface area contributed by atoms with E-state index in [1.807, 2.05) is 22.9 Å². The maximum absolute atomic E-state index is 13.8. The van der Waals surface area contributed by atoms with Crippen LogP contribution in [0.25, 0.3) is 4.96 Å². The number of halogens is 2. The predicted molar refractivity (Wildman–Crippen MR) is 116 cm³/mol. The van der Waals surface area contributed by atoms with Crippen LogP contribution in [0.4, 0.5) is 8.78 Å². The van der Waals surface area contributed by atoms with Gasteiger partial charge in [-0.15, -0.1) is 11.3 Å². The molecular formula is C23H22F2N4O3S. The molecule has 3 saturated heterocycles. The fourth-order valence-corrected chi connectivity index (χ4v) is 6.27. The van der Waals surface area contributed by atoms with Crippen molar-refractivity contribution in [2.45, 2.75) is 50.5 Å². The lowest BCUT2D eigenvalue weighted by Crippen LogP contribution is -2.51. The van der Waals surface area contributed by atoms with Gasteiger partial charge >= 0.3 is 0 Å². The van der Waals surface area contributed by atoms with E-state index in [0.29, 0.717) is 55.7 Å². The molecule has 3 aliphatic heterocycles. The topological polar surface area (TPSA) is 67.2 Å². The van der Waals surface area contributed by atoms with Gasteiger partial charge in [0.1, 0.15) is 23.6 Å². The highest BCUT2D eigenvalue weighted by Gasteiger charge is 2.58. The number of carbonyl (C=O) groups excluding carboxylic acids is 2. The van der Waals surface area contributed by atoms with E-state index in [2.05, 4.69) is 4.98 Å². The van der Waals surface area contributed by atoms with Crippen LogP contribution in [-0.2, 0) is 9.53 Å². The molecule has 1 unspecified atom stereocenters. The summed E-state index contributed by atoms with van der Waals surface area (Å²) in [5.41, 5.74) is 0.698. The van der Waals surface area contributed by atoms with E-state index < -0.39 is 29.5 Å². The molecule has 3 fully saturated rings. The zero-order valence-electron chi connectivity index (χ0n) is 18.0. The van der Waals surface area contributed by atoms with E-state index in [4.69, 9.17) is 4.74 Å². The fourth-order valence-electron chi connectivity index (χ4n) is 5.51. The Bertz CT molecular complexity index is 1260. The first-order chi connectivity index (χ1) is 15.9. The van der Waals surface area contributed by atoms with Crippen LogP contribution in [0.2, 0.25) is 0 Å². The second-order valence-corrected chi connectivity index (χ2v) is 9.84. The average Bonchev–Trinajstić information content (AvgIpc) is 3.51. The van der Waals surface area contributed by atoms with Gasteiger partial charge in [0, 0.05) is 43.6 Å². The third-order valence-electron chi connectivity index (χ3n) is 7.09. The van der Waals surface area contributed by atoms with Crippen LogP contribution in [0.5, 0.6) is 0 Å². The summed E-state index contributed by atoms with van der Waals surface area (Å²) in [6.45, 7) is 2.61. The molecule has 2 atom stereocenters. The van der Waals surface area contributed by atoms with Gasteiger partial charge in [-0.3, -0.25) is 14.0 Å². The second kappa shape index (κ2) is 7.33. The summed E-state index contributed by atoms with van der Waals surface area (Å²) in [6.07, 6.45) is 3.42. The van der Waals surface area contributed by atoms with E-state index in [1.165, 1.54) is 23.5 Å². The zero-order valence-corrected chi connectivity index (χ0v) is 18.8. The van der Waals surface area contributed by atoms with Gasteiger partial charge in [0.2, 0.25) is 0 Å².